The Bertz CT molecular complexity index is 497. The molecule has 4 rings (SSSR count). The Morgan fingerprint density at radius 3 is 2.07 bits per heavy atom. The minimum absolute atomic E-state index is 0.238. The zero-order chi connectivity index (χ0) is 10.0. The topological polar surface area (TPSA) is 20.2 Å². The molecule has 2 aliphatic heterocycles. The number of rotatable bonds is 0. The van der Waals surface area contributed by atoms with E-state index in [1.54, 1.807) is 46.2 Å². The molecule has 0 spiro atoms. The van der Waals surface area contributed by atoms with E-state index in [9.17, 15) is 5.11 Å². The zero-order valence-corrected chi connectivity index (χ0v) is 10.7. The van der Waals surface area contributed by atoms with Crippen LogP contribution >= 0.6 is 46.2 Å². The standard InChI is InChI=1S/C10H6OS4/c11-10-7-5(1-3-12-7)14-9(10)15-6-2-4-13-8(6)10/h1-4,9,11H. The Kier molecular flexibility index (Phi) is 1.73. The predicted octanol–water partition coefficient (Wildman–Crippen LogP) is 3.58. The molecule has 2 aromatic heterocycles. The van der Waals surface area contributed by atoms with Crippen molar-refractivity contribution in [3.05, 3.63) is 32.6 Å². The fourth-order valence-electron chi connectivity index (χ4n) is 2.08. The molecule has 0 unspecified atom stereocenters. The monoisotopic (exact) mass is 270 g/mol. The molecule has 0 fully saturated rings. The van der Waals surface area contributed by atoms with Gasteiger partial charge in [0.05, 0.1) is 14.3 Å². The first kappa shape index (κ1) is 9.13. The first-order valence-electron chi connectivity index (χ1n) is 4.52. The molecule has 0 atom stereocenters. The molecule has 0 saturated heterocycles. The lowest BCUT2D eigenvalue weighted by molar-refractivity contribution is 0.110. The Balaban J connectivity index is 2.03. The molecule has 0 saturated carbocycles. The van der Waals surface area contributed by atoms with E-state index in [-0.39, 0.29) is 4.58 Å². The van der Waals surface area contributed by atoms with Gasteiger partial charge >= 0.3 is 0 Å². The first-order chi connectivity index (χ1) is 7.30. The van der Waals surface area contributed by atoms with Crippen molar-refractivity contribution in [2.45, 2.75) is 20.0 Å². The van der Waals surface area contributed by atoms with Crippen molar-refractivity contribution in [3.8, 4) is 0 Å². The van der Waals surface area contributed by atoms with Gasteiger partial charge in [-0.25, -0.2) is 0 Å². The van der Waals surface area contributed by atoms with Gasteiger partial charge in [0, 0.05) is 9.79 Å². The van der Waals surface area contributed by atoms with E-state index in [1.807, 2.05) is 0 Å². The number of thiophene rings is 2. The highest BCUT2D eigenvalue weighted by Crippen LogP contribution is 2.65. The second-order valence-electron chi connectivity index (χ2n) is 3.56. The quantitative estimate of drug-likeness (QED) is 0.790. The normalized spacial score (nSPS) is 31.4. The number of aliphatic hydroxyl groups is 1. The molecule has 2 aromatic rings. The van der Waals surface area contributed by atoms with Crippen molar-refractivity contribution < 1.29 is 5.11 Å². The van der Waals surface area contributed by atoms with E-state index in [4.69, 9.17) is 0 Å². The Labute approximate surface area is 104 Å². The van der Waals surface area contributed by atoms with Gasteiger partial charge in [-0.3, -0.25) is 0 Å². The van der Waals surface area contributed by atoms with Crippen LogP contribution < -0.4 is 0 Å². The lowest BCUT2D eigenvalue weighted by Gasteiger charge is -2.20. The van der Waals surface area contributed by atoms with Crippen molar-refractivity contribution in [1.82, 2.24) is 0 Å². The average molecular weight is 270 g/mol. The third-order valence-corrected chi connectivity index (χ3v) is 7.97. The third kappa shape index (κ3) is 0.964. The largest absolute Gasteiger partial charge is 0.376 e. The van der Waals surface area contributed by atoms with Gasteiger partial charge < -0.3 is 5.11 Å². The summed E-state index contributed by atoms with van der Waals surface area (Å²) >= 11 is 6.96. The summed E-state index contributed by atoms with van der Waals surface area (Å²) in [6.45, 7) is 0. The number of thioether (sulfide) groups is 2. The van der Waals surface area contributed by atoms with Crippen LogP contribution in [0, 0.1) is 0 Å². The van der Waals surface area contributed by atoms with E-state index in [0.717, 1.165) is 9.75 Å². The summed E-state index contributed by atoms with van der Waals surface area (Å²) in [7, 11) is 0. The van der Waals surface area contributed by atoms with Gasteiger partial charge in [-0.05, 0) is 22.9 Å². The van der Waals surface area contributed by atoms with E-state index >= 15 is 0 Å². The maximum atomic E-state index is 10.9. The predicted molar refractivity (Wildman–Crippen MR) is 67.1 cm³/mol. The maximum Gasteiger partial charge on any atom is 0.157 e. The molecular formula is C10H6OS4. The van der Waals surface area contributed by atoms with Gasteiger partial charge in [-0.2, -0.15) is 0 Å². The van der Waals surface area contributed by atoms with Crippen LogP contribution in [0.1, 0.15) is 9.75 Å². The molecule has 1 N–H and O–H groups in total. The van der Waals surface area contributed by atoms with Gasteiger partial charge in [0.15, 0.2) is 5.60 Å². The minimum Gasteiger partial charge on any atom is -0.376 e. The second-order valence-corrected chi connectivity index (χ2v) is 7.99. The second kappa shape index (κ2) is 2.84. The Morgan fingerprint density at radius 1 is 1.00 bits per heavy atom. The fraction of sp³-hybridized carbons (Fsp3) is 0.200. The maximum absolute atomic E-state index is 10.9. The van der Waals surface area contributed by atoms with Gasteiger partial charge in [0.2, 0.25) is 0 Å². The van der Waals surface area contributed by atoms with Crippen molar-refractivity contribution in [3.63, 3.8) is 0 Å². The smallest absolute Gasteiger partial charge is 0.157 e. The average Bonchev–Trinajstić information content (AvgIpc) is 2.87. The Morgan fingerprint density at radius 2 is 1.53 bits per heavy atom. The minimum atomic E-state index is -0.706. The summed E-state index contributed by atoms with van der Waals surface area (Å²) < 4.78 is 0.238. The highest BCUT2D eigenvalue weighted by molar-refractivity contribution is 8.17. The molecule has 0 amide bonds. The summed E-state index contributed by atoms with van der Waals surface area (Å²) in [5, 5.41) is 15.0. The van der Waals surface area contributed by atoms with Gasteiger partial charge in [-0.15, -0.1) is 46.2 Å². The first-order valence-corrected chi connectivity index (χ1v) is 8.03. The van der Waals surface area contributed by atoms with Gasteiger partial charge in [0.25, 0.3) is 0 Å². The molecule has 0 aliphatic carbocycles. The van der Waals surface area contributed by atoms with Crippen LogP contribution in [0.3, 0.4) is 0 Å². The molecule has 0 bridgehead atoms. The number of fused-ring (bicyclic) bond motifs is 5. The van der Waals surface area contributed by atoms with Crippen molar-refractivity contribution >= 4 is 46.2 Å². The van der Waals surface area contributed by atoms with Crippen molar-refractivity contribution in [2.75, 3.05) is 0 Å². The van der Waals surface area contributed by atoms with Gasteiger partial charge in [-0.1, -0.05) is 0 Å². The summed E-state index contributed by atoms with van der Waals surface area (Å²) in [5.41, 5.74) is -0.706. The molecule has 2 aliphatic rings. The van der Waals surface area contributed by atoms with Crippen molar-refractivity contribution in [1.29, 1.82) is 0 Å². The lowest BCUT2D eigenvalue weighted by Crippen LogP contribution is -2.27. The molecule has 0 aromatic carbocycles. The molecule has 76 valence electrons. The van der Waals surface area contributed by atoms with E-state index < -0.39 is 5.60 Å². The SMILES string of the molecule is OC12c3sccc3SC1Sc1ccsc12. The van der Waals surface area contributed by atoms with Crippen molar-refractivity contribution in [2.24, 2.45) is 0 Å². The highest BCUT2D eigenvalue weighted by Gasteiger charge is 2.55. The molecule has 4 heterocycles. The van der Waals surface area contributed by atoms with E-state index in [0.29, 0.717) is 0 Å². The molecule has 15 heavy (non-hydrogen) atoms. The fourth-order valence-corrected chi connectivity index (χ4v) is 7.95. The van der Waals surface area contributed by atoms with Gasteiger partial charge in [0.1, 0.15) is 0 Å². The van der Waals surface area contributed by atoms with E-state index in [2.05, 4.69) is 22.9 Å². The number of hydrogen-bond donors (Lipinski definition) is 1. The summed E-state index contributed by atoms with van der Waals surface area (Å²) in [4.78, 5) is 4.82. The van der Waals surface area contributed by atoms with Crippen LogP contribution in [0.4, 0.5) is 0 Å². The zero-order valence-electron chi connectivity index (χ0n) is 7.47. The Hall–Kier alpha value is 0.0600. The summed E-state index contributed by atoms with van der Waals surface area (Å²) in [6.07, 6.45) is 0. The number of hydrogen-bond acceptors (Lipinski definition) is 5. The van der Waals surface area contributed by atoms with Crippen LogP contribution in [0.15, 0.2) is 32.7 Å². The summed E-state index contributed by atoms with van der Waals surface area (Å²) in [6, 6.07) is 4.24. The van der Waals surface area contributed by atoms with Crippen LogP contribution in [0.2, 0.25) is 0 Å². The molecule has 1 nitrogen and oxygen atoms in total. The molecule has 0 radical (unpaired) electrons. The lowest BCUT2D eigenvalue weighted by atomic mass is 10.0. The molecule has 5 heteroatoms. The molecular weight excluding hydrogens is 264 g/mol. The van der Waals surface area contributed by atoms with Crippen LogP contribution in [0.5, 0.6) is 0 Å². The summed E-state index contributed by atoms with van der Waals surface area (Å²) in [5.74, 6) is 0. The van der Waals surface area contributed by atoms with Crippen LogP contribution in [-0.4, -0.2) is 9.69 Å². The highest BCUT2D eigenvalue weighted by atomic mass is 32.2. The third-order valence-electron chi connectivity index (χ3n) is 2.76. The van der Waals surface area contributed by atoms with Crippen LogP contribution in [-0.2, 0) is 5.60 Å². The van der Waals surface area contributed by atoms with E-state index in [1.165, 1.54) is 9.79 Å². The van der Waals surface area contributed by atoms with Crippen LogP contribution in [0.25, 0.3) is 0 Å².